The van der Waals surface area contributed by atoms with Gasteiger partial charge in [-0.25, -0.2) is 18.5 Å². The van der Waals surface area contributed by atoms with Crippen LogP contribution < -0.4 is 21.3 Å². The molecule has 0 aliphatic rings. The summed E-state index contributed by atoms with van der Waals surface area (Å²) in [6.45, 7) is 7.23. The lowest BCUT2D eigenvalue weighted by Gasteiger charge is -2.28. The number of carboxylic acids is 1. The van der Waals surface area contributed by atoms with Gasteiger partial charge in [0, 0.05) is 11.6 Å². The SMILES string of the molecule is COc1ccc(F)cc1[C@@H](O)Cn1c(=O)n(C(C)(C)C(=O)NC(C)C)c(=O)c2c(C)c(C(=O)O)sc21. The second-order valence-corrected chi connectivity index (χ2v) is 10.2. The number of nitrogens with one attached hydrogen (secondary N) is 1. The third-order valence-corrected chi connectivity index (χ3v) is 7.15. The zero-order chi connectivity index (χ0) is 27.1. The number of hydrogen-bond acceptors (Lipinski definition) is 7. The Balaban J connectivity index is 2.35. The summed E-state index contributed by atoms with van der Waals surface area (Å²) in [5.41, 5.74) is -3.22. The maximum Gasteiger partial charge on any atom is 0.346 e. The molecule has 1 atom stereocenters. The molecule has 3 rings (SSSR count). The number of carbonyl (C=O) groups excluding carboxylic acids is 1. The van der Waals surface area contributed by atoms with E-state index in [1.807, 2.05) is 0 Å². The van der Waals surface area contributed by atoms with Gasteiger partial charge in [0.25, 0.3) is 5.56 Å². The van der Waals surface area contributed by atoms with Gasteiger partial charge in [0.15, 0.2) is 0 Å². The Hall–Kier alpha value is -3.51. The van der Waals surface area contributed by atoms with Crippen LogP contribution in [0.15, 0.2) is 27.8 Å². The number of amides is 1. The monoisotopic (exact) mass is 521 g/mol. The number of aryl methyl sites for hydroxylation is 1. The lowest BCUT2D eigenvalue weighted by Crippen LogP contribution is -2.56. The first-order valence-electron chi connectivity index (χ1n) is 11.1. The minimum Gasteiger partial charge on any atom is -0.496 e. The van der Waals surface area contributed by atoms with Crippen molar-refractivity contribution < 1.29 is 28.9 Å². The van der Waals surface area contributed by atoms with Gasteiger partial charge in [-0.2, -0.15) is 0 Å². The summed E-state index contributed by atoms with van der Waals surface area (Å²) in [7, 11) is 1.34. The Morgan fingerprint density at radius 3 is 2.44 bits per heavy atom. The number of aromatic carboxylic acids is 1. The number of fused-ring (bicyclic) bond motifs is 1. The number of benzene rings is 1. The van der Waals surface area contributed by atoms with Gasteiger partial charge in [0.05, 0.1) is 19.0 Å². The molecule has 0 unspecified atom stereocenters. The number of methoxy groups -OCH3 is 1. The summed E-state index contributed by atoms with van der Waals surface area (Å²) in [5, 5.41) is 23.3. The molecular weight excluding hydrogens is 493 g/mol. The first-order chi connectivity index (χ1) is 16.7. The van der Waals surface area contributed by atoms with Gasteiger partial charge in [-0.05, 0) is 58.4 Å². The van der Waals surface area contributed by atoms with Crippen molar-refractivity contribution in [3.05, 3.63) is 60.9 Å². The van der Waals surface area contributed by atoms with E-state index in [9.17, 15) is 33.8 Å². The zero-order valence-corrected chi connectivity index (χ0v) is 21.5. The predicted octanol–water partition coefficient (Wildman–Crippen LogP) is 2.37. The zero-order valence-electron chi connectivity index (χ0n) is 20.7. The second-order valence-electron chi connectivity index (χ2n) is 9.16. The molecule has 3 N–H and O–H groups in total. The fraction of sp³-hybridized carbons (Fsp3) is 0.417. The summed E-state index contributed by atoms with van der Waals surface area (Å²) in [6.07, 6.45) is -1.47. The molecule has 1 aromatic carbocycles. The van der Waals surface area contributed by atoms with Gasteiger partial charge in [-0.1, -0.05) is 0 Å². The van der Waals surface area contributed by atoms with Crippen LogP contribution in [0.2, 0.25) is 0 Å². The molecule has 2 heterocycles. The Kier molecular flexibility index (Phi) is 7.42. The Morgan fingerprint density at radius 2 is 1.89 bits per heavy atom. The molecule has 0 aliphatic heterocycles. The highest BCUT2D eigenvalue weighted by Gasteiger charge is 2.36. The number of halogens is 1. The molecule has 12 heteroatoms. The Labute approximate surface area is 209 Å². The van der Waals surface area contributed by atoms with Crippen LogP contribution in [0, 0.1) is 12.7 Å². The van der Waals surface area contributed by atoms with E-state index in [-0.39, 0.29) is 38.0 Å². The molecule has 0 spiro atoms. The summed E-state index contributed by atoms with van der Waals surface area (Å²) in [5.74, 6) is -2.35. The van der Waals surface area contributed by atoms with E-state index in [4.69, 9.17) is 4.74 Å². The first-order valence-corrected chi connectivity index (χ1v) is 11.9. The van der Waals surface area contributed by atoms with Crippen LogP contribution in [0.3, 0.4) is 0 Å². The van der Waals surface area contributed by atoms with E-state index in [1.165, 1.54) is 33.9 Å². The van der Waals surface area contributed by atoms with Gasteiger partial charge < -0.3 is 20.3 Å². The largest absolute Gasteiger partial charge is 0.496 e. The van der Waals surface area contributed by atoms with Crippen LogP contribution >= 0.6 is 11.3 Å². The standard InChI is InChI=1S/C24H28FN3O7S/c1-11(2)26-22(33)24(4,5)28-19(30)17-12(3)18(21(31)32)36-20(17)27(23(28)34)10-15(29)14-9-13(25)7-8-16(14)35-6/h7-9,11,15,29H,10H2,1-6H3,(H,26,33)(H,31,32)/t15-/m0/s1. The van der Waals surface area contributed by atoms with Gasteiger partial charge >= 0.3 is 11.7 Å². The summed E-state index contributed by atoms with van der Waals surface area (Å²) >= 11 is 0.709. The van der Waals surface area contributed by atoms with Crippen molar-refractivity contribution in [3.8, 4) is 5.75 Å². The van der Waals surface area contributed by atoms with Gasteiger partial charge in [0.1, 0.15) is 32.9 Å². The maximum absolute atomic E-state index is 13.9. The lowest BCUT2D eigenvalue weighted by molar-refractivity contribution is -0.129. The second kappa shape index (κ2) is 9.86. The molecule has 10 nitrogen and oxygen atoms in total. The number of carboxylic acid groups (broad SMARTS) is 1. The Bertz CT molecular complexity index is 1470. The van der Waals surface area contributed by atoms with Crippen LogP contribution in [-0.2, 0) is 16.9 Å². The molecule has 0 bridgehead atoms. The quantitative estimate of drug-likeness (QED) is 0.413. The number of aliphatic hydroxyl groups excluding tert-OH is 1. The molecule has 0 radical (unpaired) electrons. The number of carbonyl (C=O) groups is 2. The van der Waals surface area contributed by atoms with E-state index in [2.05, 4.69) is 5.32 Å². The minimum atomic E-state index is -1.66. The first kappa shape index (κ1) is 27.1. The number of hydrogen-bond donors (Lipinski definition) is 3. The highest BCUT2D eigenvalue weighted by molar-refractivity contribution is 7.20. The van der Waals surface area contributed by atoms with Crippen molar-refractivity contribution in [2.75, 3.05) is 7.11 Å². The van der Waals surface area contributed by atoms with E-state index in [0.29, 0.717) is 11.3 Å². The summed E-state index contributed by atoms with van der Waals surface area (Å²) < 4.78 is 20.9. The third kappa shape index (κ3) is 4.65. The third-order valence-electron chi connectivity index (χ3n) is 5.85. The van der Waals surface area contributed by atoms with Crippen LogP contribution in [0.1, 0.15) is 54.6 Å². The number of nitrogens with zero attached hydrogens (tertiary/aromatic N) is 2. The molecule has 0 fully saturated rings. The number of rotatable bonds is 8. The molecular formula is C24H28FN3O7S. The van der Waals surface area contributed by atoms with E-state index in [0.717, 1.165) is 21.3 Å². The number of aromatic nitrogens is 2. The topological polar surface area (TPSA) is 140 Å². The number of thiophene rings is 1. The molecule has 0 aliphatic carbocycles. The molecule has 36 heavy (non-hydrogen) atoms. The van der Waals surface area contributed by atoms with Crippen molar-refractivity contribution in [2.45, 2.75) is 58.8 Å². The van der Waals surface area contributed by atoms with Crippen molar-refractivity contribution in [2.24, 2.45) is 0 Å². The fourth-order valence-electron chi connectivity index (χ4n) is 3.98. The average molecular weight is 522 g/mol. The average Bonchev–Trinajstić information content (AvgIpc) is 3.13. The highest BCUT2D eigenvalue weighted by atomic mass is 32.1. The summed E-state index contributed by atoms with van der Waals surface area (Å²) in [6, 6.07) is 3.26. The van der Waals surface area contributed by atoms with Crippen LogP contribution in [0.25, 0.3) is 10.2 Å². The van der Waals surface area contributed by atoms with E-state index >= 15 is 0 Å². The molecule has 2 aromatic heterocycles. The fourth-order valence-corrected chi connectivity index (χ4v) is 5.12. The summed E-state index contributed by atoms with van der Waals surface area (Å²) in [4.78, 5) is 51.9. The predicted molar refractivity (Wildman–Crippen MR) is 133 cm³/mol. The molecule has 3 aromatic rings. The number of ether oxygens (including phenoxy) is 1. The van der Waals surface area contributed by atoms with E-state index in [1.54, 1.807) is 13.8 Å². The van der Waals surface area contributed by atoms with Crippen LogP contribution in [0.5, 0.6) is 5.75 Å². The maximum atomic E-state index is 13.9. The van der Waals surface area contributed by atoms with E-state index < -0.39 is 47.1 Å². The van der Waals surface area contributed by atoms with Crippen molar-refractivity contribution >= 4 is 33.4 Å². The molecule has 0 saturated carbocycles. The number of aliphatic hydroxyl groups is 1. The Morgan fingerprint density at radius 1 is 1.25 bits per heavy atom. The normalized spacial score (nSPS) is 12.7. The highest BCUT2D eigenvalue weighted by Crippen LogP contribution is 2.31. The minimum absolute atomic E-state index is 0.0191. The molecule has 1 amide bonds. The van der Waals surface area contributed by atoms with Gasteiger partial charge in [-0.15, -0.1) is 11.3 Å². The van der Waals surface area contributed by atoms with Gasteiger partial charge in [-0.3, -0.25) is 14.2 Å². The van der Waals surface area contributed by atoms with Crippen LogP contribution in [-0.4, -0.2) is 44.4 Å². The lowest BCUT2D eigenvalue weighted by atomic mass is 10.0. The molecule has 194 valence electrons. The van der Waals surface area contributed by atoms with Gasteiger partial charge in [0.2, 0.25) is 5.91 Å². The molecule has 0 saturated heterocycles. The van der Waals surface area contributed by atoms with Crippen molar-refractivity contribution in [3.63, 3.8) is 0 Å². The smallest absolute Gasteiger partial charge is 0.346 e. The van der Waals surface area contributed by atoms with Crippen LogP contribution in [0.4, 0.5) is 4.39 Å². The van der Waals surface area contributed by atoms with Crippen molar-refractivity contribution in [1.29, 1.82) is 0 Å². The van der Waals surface area contributed by atoms with Crippen molar-refractivity contribution in [1.82, 2.24) is 14.5 Å².